The molecule has 8 nitrogen and oxygen atoms in total. The quantitative estimate of drug-likeness (QED) is 0.278. The highest BCUT2D eigenvalue weighted by molar-refractivity contribution is 7.90. The summed E-state index contributed by atoms with van der Waals surface area (Å²) in [5, 5.41) is 9.68. The van der Waals surface area contributed by atoms with E-state index >= 15 is 0 Å². The normalized spacial score (nSPS) is 11.7. The van der Waals surface area contributed by atoms with Gasteiger partial charge in [0.15, 0.2) is 17.2 Å². The van der Waals surface area contributed by atoms with Gasteiger partial charge in [-0.25, -0.2) is 26.0 Å². The number of hydrogen-bond acceptors (Lipinski definition) is 7. The molecule has 4 aromatic rings. The van der Waals surface area contributed by atoms with E-state index < -0.39 is 33.1 Å². The van der Waals surface area contributed by atoms with Gasteiger partial charge in [-0.15, -0.1) is 0 Å². The Morgan fingerprint density at radius 3 is 2.47 bits per heavy atom. The molecule has 0 saturated carbocycles. The molecule has 2 aromatic heterocycles. The molecular formula is C21H17F4N5O3S. The highest BCUT2D eigenvalue weighted by atomic mass is 32.2. The molecule has 0 atom stereocenters. The molecule has 2 N–H and O–H groups in total. The highest BCUT2D eigenvalue weighted by Gasteiger charge is 2.21. The number of H-pyrrole nitrogens is 1. The maximum Gasteiger partial charge on any atom is 0.326 e. The topological polar surface area (TPSA) is 110 Å². The lowest BCUT2D eigenvalue weighted by atomic mass is 10.1. The number of nitrogens with zero attached hydrogens (tertiary/aromatic N) is 3. The SMILES string of the molecule is CS(=O)(=O)CCCNc1nc(Oc2ccc(F)cc2F)nc2n[nH]c(-c3cc(F)ccc3F)c12. The second kappa shape index (κ2) is 9.25. The maximum absolute atomic E-state index is 14.4. The fraction of sp³-hybridized carbons (Fsp3) is 0.190. The van der Waals surface area contributed by atoms with E-state index in [1.807, 2.05) is 0 Å². The van der Waals surface area contributed by atoms with Crippen molar-refractivity contribution >= 4 is 26.7 Å². The minimum atomic E-state index is -3.21. The van der Waals surface area contributed by atoms with Crippen molar-refractivity contribution in [2.24, 2.45) is 0 Å². The van der Waals surface area contributed by atoms with Crippen molar-refractivity contribution in [3.63, 3.8) is 0 Å². The van der Waals surface area contributed by atoms with Gasteiger partial charge in [0.2, 0.25) is 0 Å². The molecule has 0 aliphatic heterocycles. The first-order chi connectivity index (χ1) is 16.1. The smallest absolute Gasteiger partial charge is 0.326 e. The Morgan fingerprint density at radius 1 is 1.00 bits per heavy atom. The first kappa shape index (κ1) is 23.4. The Balaban J connectivity index is 1.76. The Morgan fingerprint density at radius 2 is 1.74 bits per heavy atom. The van der Waals surface area contributed by atoms with Crippen LogP contribution in [0.2, 0.25) is 0 Å². The van der Waals surface area contributed by atoms with E-state index in [9.17, 15) is 26.0 Å². The van der Waals surface area contributed by atoms with Gasteiger partial charge in [-0.05, 0) is 36.8 Å². The number of aromatic nitrogens is 4. The van der Waals surface area contributed by atoms with Crippen LogP contribution in [0.3, 0.4) is 0 Å². The molecule has 0 fully saturated rings. The van der Waals surface area contributed by atoms with Crippen molar-refractivity contribution in [1.82, 2.24) is 20.2 Å². The summed E-state index contributed by atoms with van der Waals surface area (Å²) in [6.45, 7) is 0.139. The third-order valence-corrected chi connectivity index (χ3v) is 5.70. The standard InChI is InChI=1S/C21H17F4N5O3S/c1-34(31,32)8-2-7-26-19-17-18(13-9-11(22)3-5-14(13)24)29-30-20(17)28-21(27-19)33-16-6-4-12(23)10-15(16)25/h3-6,9-10H,2,7-8H2,1H3,(H2,26,27,28,29,30). The molecular weight excluding hydrogens is 478 g/mol. The molecule has 34 heavy (non-hydrogen) atoms. The minimum absolute atomic E-state index is 0.0169. The van der Waals surface area contributed by atoms with E-state index in [4.69, 9.17) is 4.74 Å². The van der Waals surface area contributed by atoms with Crippen LogP contribution in [0.15, 0.2) is 36.4 Å². The van der Waals surface area contributed by atoms with Crippen LogP contribution in [0, 0.1) is 23.3 Å². The van der Waals surface area contributed by atoms with Gasteiger partial charge < -0.3 is 10.1 Å². The van der Waals surface area contributed by atoms with E-state index in [0.717, 1.165) is 36.6 Å². The van der Waals surface area contributed by atoms with Crippen LogP contribution in [0.25, 0.3) is 22.3 Å². The monoisotopic (exact) mass is 495 g/mol. The zero-order valence-corrected chi connectivity index (χ0v) is 18.4. The summed E-state index contributed by atoms with van der Waals surface area (Å²) in [5.41, 5.74) is -0.0857. The summed E-state index contributed by atoms with van der Waals surface area (Å²) >= 11 is 0. The van der Waals surface area contributed by atoms with Crippen molar-refractivity contribution in [3.05, 3.63) is 59.7 Å². The number of hydrogen-bond donors (Lipinski definition) is 2. The van der Waals surface area contributed by atoms with Crippen molar-refractivity contribution in [1.29, 1.82) is 0 Å². The molecule has 2 aromatic carbocycles. The number of halogens is 4. The fourth-order valence-electron chi connectivity index (χ4n) is 3.16. The Bertz CT molecular complexity index is 1480. The lowest BCUT2D eigenvalue weighted by molar-refractivity contribution is 0.410. The Labute approximate surface area is 190 Å². The van der Waals surface area contributed by atoms with Gasteiger partial charge in [-0.3, -0.25) is 5.10 Å². The van der Waals surface area contributed by atoms with Gasteiger partial charge in [0, 0.05) is 24.4 Å². The number of rotatable bonds is 8. The number of sulfone groups is 1. The molecule has 0 unspecified atom stereocenters. The molecule has 0 amide bonds. The second-order valence-electron chi connectivity index (χ2n) is 7.36. The number of benzene rings is 2. The molecule has 0 bridgehead atoms. The van der Waals surface area contributed by atoms with Crippen LogP contribution in [0.5, 0.6) is 11.8 Å². The zero-order chi connectivity index (χ0) is 24.5. The maximum atomic E-state index is 14.4. The van der Waals surface area contributed by atoms with Crippen LogP contribution in [0.4, 0.5) is 23.4 Å². The van der Waals surface area contributed by atoms with Crippen LogP contribution in [0.1, 0.15) is 6.42 Å². The first-order valence-corrected chi connectivity index (χ1v) is 11.9. The average molecular weight is 495 g/mol. The molecule has 0 saturated heterocycles. The van der Waals surface area contributed by atoms with E-state index in [-0.39, 0.29) is 58.6 Å². The largest absolute Gasteiger partial charge is 0.421 e. The fourth-order valence-corrected chi connectivity index (χ4v) is 3.83. The van der Waals surface area contributed by atoms with Gasteiger partial charge in [-0.1, -0.05) is 0 Å². The molecule has 0 radical (unpaired) electrons. The second-order valence-corrected chi connectivity index (χ2v) is 9.62. The summed E-state index contributed by atoms with van der Waals surface area (Å²) in [6.07, 6.45) is 1.31. The first-order valence-electron chi connectivity index (χ1n) is 9.87. The molecule has 0 aliphatic carbocycles. The van der Waals surface area contributed by atoms with Gasteiger partial charge in [0.1, 0.15) is 33.1 Å². The molecule has 0 spiro atoms. The molecule has 13 heteroatoms. The van der Waals surface area contributed by atoms with E-state index in [0.29, 0.717) is 6.07 Å². The van der Waals surface area contributed by atoms with Crippen molar-refractivity contribution in [2.75, 3.05) is 23.9 Å². The lowest BCUT2D eigenvalue weighted by Crippen LogP contribution is -2.11. The number of fused-ring (bicyclic) bond motifs is 1. The summed E-state index contributed by atoms with van der Waals surface area (Å²) in [7, 11) is -3.21. The average Bonchev–Trinajstić information content (AvgIpc) is 3.18. The third kappa shape index (κ3) is 5.25. The number of aromatic amines is 1. The van der Waals surface area contributed by atoms with Crippen LogP contribution in [-0.2, 0) is 9.84 Å². The summed E-state index contributed by atoms with van der Waals surface area (Å²) < 4.78 is 83.6. The number of anilines is 1. The van der Waals surface area contributed by atoms with Gasteiger partial charge >= 0.3 is 6.01 Å². The Kier molecular flexibility index (Phi) is 6.37. The Hall–Kier alpha value is -3.74. The predicted octanol–water partition coefficient (Wildman–Crippen LogP) is 4.22. The minimum Gasteiger partial charge on any atom is -0.421 e. The van der Waals surface area contributed by atoms with Gasteiger partial charge in [-0.2, -0.15) is 15.1 Å². The molecule has 4 rings (SSSR count). The van der Waals surface area contributed by atoms with Crippen LogP contribution in [-0.4, -0.2) is 47.1 Å². The van der Waals surface area contributed by atoms with Crippen LogP contribution < -0.4 is 10.1 Å². The van der Waals surface area contributed by atoms with E-state index in [2.05, 4.69) is 25.5 Å². The van der Waals surface area contributed by atoms with Crippen molar-refractivity contribution < 1.29 is 30.7 Å². The third-order valence-electron chi connectivity index (χ3n) is 4.67. The van der Waals surface area contributed by atoms with Gasteiger partial charge in [0.05, 0.1) is 16.8 Å². The summed E-state index contributed by atoms with van der Waals surface area (Å²) in [6, 6.07) is 5.18. The molecule has 2 heterocycles. The number of nitrogens with one attached hydrogen (secondary N) is 2. The summed E-state index contributed by atoms with van der Waals surface area (Å²) in [5.74, 6) is -3.61. The van der Waals surface area contributed by atoms with Crippen molar-refractivity contribution in [3.8, 4) is 23.0 Å². The van der Waals surface area contributed by atoms with Gasteiger partial charge in [0.25, 0.3) is 0 Å². The molecule has 0 aliphatic rings. The van der Waals surface area contributed by atoms with Crippen LogP contribution >= 0.6 is 0 Å². The zero-order valence-electron chi connectivity index (χ0n) is 17.6. The van der Waals surface area contributed by atoms with Crippen molar-refractivity contribution in [2.45, 2.75) is 6.42 Å². The highest BCUT2D eigenvalue weighted by Crippen LogP contribution is 2.34. The lowest BCUT2D eigenvalue weighted by Gasteiger charge is -2.11. The molecule has 178 valence electrons. The number of ether oxygens (including phenoxy) is 1. The van der Waals surface area contributed by atoms with E-state index in [1.54, 1.807) is 0 Å². The summed E-state index contributed by atoms with van der Waals surface area (Å²) in [4.78, 5) is 8.25. The predicted molar refractivity (Wildman–Crippen MR) is 116 cm³/mol. The van der Waals surface area contributed by atoms with E-state index in [1.165, 1.54) is 0 Å².